The van der Waals surface area contributed by atoms with Crippen LogP contribution in [-0.2, 0) is 6.54 Å². The molecule has 0 atom stereocenters. The van der Waals surface area contributed by atoms with Gasteiger partial charge < -0.3 is 10.3 Å². The lowest BCUT2D eigenvalue weighted by molar-refractivity contribution is 0.385. The standard InChI is InChI=1S/C8H13N3O/c1-2-3-8(9)10-6-7-4-5-11-12-7/h4-5H,2-3,6H2,1H3,(H2,9,10). The third-order valence-electron chi connectivity index (χ3n) is 1.44. The second kappa shape index (κ2) is 4.54. The third-order valence-corrected chi connectivity index (χ3v) is 1.44. The Kier molecular flexibility index (Phi) is 3.32. The minimum absolute atomic E-state index is 0.492. The smallest absolute Gasteiger partial charge is 0.158 e. The van der Waals surface area contributed by atoms with Crippen LogP contribution in [0.1, 0.15) is 25.5 Å². The van der Waals surface area contributed by atoms with Crippen LogP contribution in [0.5, 0.6) is 0 Å². The summed E-state index contributed by atoms with van der Waals surface area (Å²) in [6.45, 7) is 2.56. The molecule has 1 heterocycles. The first-order valence-electron chi connectivity index (χ1n) is 4.01. The lowest BCUT2D eigenvalue weighted by atomic mass is 10.3. The van der Waals surface area contributed by atoms with Gasteiger partial charge in [-0.3, -0.25) is 4.99 Å². The summed E-state index contributed by atoms with van der Waals surface area (Å²) in [5.41, 5.74) is 5.59. The van der Waals surface area contributed by atoms with Crippen molar-refractivity contribution in [3.05, 3.63) is 18.0 Å². The van der Waals surface area contributed by atoms with E-state index in [-0.39, 0.29) is 0 Å². The highest BCUT2D eigenvalue weighted by Gasteiger charge is 1.94. The van der Waals surface area contributed by atoms with Crippen LogP contribution < -0.4 is 5.73 Å². The quantitative estimate of drug-likeness (QED) is 0.543. The zero-order valence-corrected chi connectivity index (χ0v) is 7.16. The van der Waals surface area contributed by atoms with E-state index in [9.17, 15) is 0 Å². The first-order chi connectivity index (χ1) is 5.83. The molecule has 0 unspecified atom stereocenters. The molecule has 2 N–H and O–H groups in total. The van der Waals surface area contributed by atoms with Crippen molar-refractivity contribution >= 4 is 5.84 Å². The summed E-state index contributed by atoms with van der Waals surface area (Å²) in [4.78, 5) is 4.12. The molecule has 0 bridgehead atoms. The van der Waals surface area contributed by atoms with Gasteiger partial charge in [0.1, 0.15) is 6.54 Å². The zero-order valence-electron chi connectivity index (χ0n) is 7.16. The first kappa shape index (κ1) is 8.77. The summed E-state index contributed by atoms with van der Waals surface area (Å²) >= 11 is 0. The van der Waals surface area contributed by atoms with Crippen molar-refractivity contribution in [3.8, 4) is 0 Å². The molecule has 0 aliphatic heterocycles. The van der Waals surface area contributed by atoms with Crippen LogP contribution in [0.15, 0.2) is 21.8 Å². The summed E-state index contributed by atoms with van der Waals surface area (Å²) in [6.07, 6.45) is 3.46. The Morgan fingerprint density at radius 1 is 1.75 bits per heavy atom. The average molecular weight is 167 g/mol. The Hall–Kier alpha value is -1.32. The Morgan fingerprint density at radius 2 is 2.58 bits per heavy atom. The number of nitrogens with two attached hydrogens (primary N) is 1. The van der Waals surface area contributed by atoms with Gasteiger partial charge in [0.05, 0.1) is 12.0 Å². The van der Waals surface area contributed by atoms with Crippen LogP contribution >= 0.6 is 0 Å². The van der Waals surface area contributed by atoms with Crippen LogP contribution in [0.4, 0.5) is 0 Å². The molecule has 0 aliphatic carbocycles. The zero-order chi connectivity index (χ0) is 8.81. The molecule has 4 heteroatoms. The van der Waals surface area contributed by atoms with E-state index in [2.05, 4.69) is 17.1 Å². The van der Waals surface area contributed by atoms with Crippen molar-refractivity contribution in [2.24, 2.45) is 10.7 Å². The second-order valence-corrected chi connectivity index (χ2v) is 2.54. The summed E-state index contributed by atoms with van der Waals surface area (Å²) in [7, 11) is 0. The van der Waals surface area contributed by atoms with Gasteiger partial charge in [-0.25, -0.2) is 0 Å². The van der Waals surface area contributed by atoms with Gasteiger partial charge in [-0.1, -0.05) is 12.1 Å². The fraction of sp³-hybridized carbons (Fsp3) is 0.500. The molecule has 0 fully saturated rings. The maximum absolute atomic E-state index is 5.59. The van der Waals surface area contributed by atoms with Crippen LogP contribution in [-0.4, -0.2) is 11.0 Å². The number of amidine groups is 1. The van der Waals surface area contributed by atoms with Crippen molar-refractivity contribution in [3.63, 3.8) is 0 Å². The maximum atomic E-state index is 5.59. The predicted molar refractivity (Wildman–Crippen MR) is 46.7 cm³/mol. The van der Waals surface area contributed by atoms with Crippen molar-refractivity contribution in [2.75, 3.05) is 0 Å². The topological polar surface area (TPSA) is 64.4 Å². The number of hydrogen-bond donors (Lipinski definition) is 1. The van der Waals surface area contributed by atoms with Gasteiger partial charge in [0, 0.05) is 12.5 Å². The Morgan fingerprint density at radius 3 is 3.17 bits per heavy atom. The third kappa shape index (κ3) is 2.74. The lowest BCUT2D eigenvalue weighted by Crippen LogP contribution is -2.10. The molecule has 4 nitrogen and oxygen atoms in total. The minimum Gasteiger partial charge on any atom is -0.387 e. The molecular formula is C8H13N3O. The van der Waals surface area contributed by atoms with Gasteiger partial charge in [-0.15, -0.1) is 0 Å². The molecule has 1 aromatic rings. The number of rotatable bonds is 4. The second-order valence-electron chi connectivity index (χ2n) is 2.54. The summed E-state index contributed by atoms with van der Waals surface area (Å²) in [5, 5.41) is 3.56. The molecule has 0 aromatic carbocycles. The van der Waals surface area contributed by atoms with E-state index in [1.54, 1.807) is 12.3 Å². The van der Waals surface area contributed by atoms with Gasteiger partial charge in [0.2, 0.25) is 0 Å². The van der Waals surface area contributed by atoms with E-state index < -0.39 is 0 Å². The van der Waals surface area contributed by atoms with Crippen LogP contribution in [0, 0.1) is 0 Å². The van der Waals surface area contributed by atoms with Gasteiger partial charge in [0.25, 0.3) is 0 Å². The van der Waals surface area contributed by atoms with E-state index in [0.29, 0.717) is 12.4 Å². The van der Waals surface area contributed by atoms with Crippen molar-refractivity contribution in [2.45, 2.75) is 26.3 Å². The average Bonchev–Trinajstić information content (AvgIpc) is 2.53. The summed E-state index contributed by atoms with van der Waals surface area (Å²) in [5.74, 6) is 1.42. The van der Waals surface area contributed by atoms with E-state index in [1.807, 2.05) is 0 Å². The highest BCUT2D eigenvalue weighted by Crippen LogP contribution is 1.99. The van der Waals surface area contributed by atoms with E-state index in [1.165, 1.54) is 0 Å². The van der Waals surface area contributed by atoms with Crippen molar-refractivity contribution in [1.29, 1.82) is 0 Å². The van der Waals surface area contributed by atoms with E-state index in [4.69, 9.17) is 10.3 Å². The number of aromatic nitrogens is 1. The molecule has 0 amide bonds. The normalized spacial score (nSPS) is 11.9. The monoisotopic (exact) mass is 167 g/mol. The number of hydrogen-bond acceptors (Lipinski definition) is 3. The van der Waals surface area contributed by atoms with Crippen molar-refractivity contribution < 1.29 is 4.52 Å². The van der Waals surface area contributed by atoms with Crippen LogP contribution in [0.25, 0.3) is 0 Å². The van der Waals surface area contributed by atoms with Gasteiger partial charge in [0.15, 0.2) is 5.76 Å². The van der Waals surface area contributed by atoms with E-state index >= 15 is 0 Å². The van der Waals surface area contributed by atoms with Gasteiger partial charge in [-0.05, 0) is 6.42 Å². The molecular weight excluding hydrogens is 154 g/mol. The summed E-state index contributed by atoms with van der Waals surface area (Å²) < 4.78 is 4.85. The van der Waals surface area contributed by atoms with Crippen molar-refractivity contribution in [1.82, 2.24) is 5.16 Å². The maximum Gasteiger partial charge on any atom is 0.158 e. The molecule has 0 saturated carbocycles. The summed E-state index contributed by atoms with van der Waals surface area (Å²) in [6, 6.07) is 1.78. The highest BCUT2D eigenvalue weighted by molar-refractivity contribution is 5.80. The molecule has 12 heavy (non-hydrogen) atoms. The lowest BCUT2D eigenvalue weighted by Gasteiger charge is -1.95. The number of aliphatic imine (C=N–C) groups is 1. The van der Waals surface area contributed by atoms with Crippen LogP contribution in [0.2, 0.25) is 0 Å². The number of nitrogens with zero attached hydrogens (tertiary/aromatic N) is 2. The highest BCUT2D eigenvalue weighted by atomic mass is 16.5. The molecule has 1 rings (SSSR count). The van der Waals surface area contributed by atoms with E-state index in [0.717, 1.165) is 18.6 Å². The Bertz CT molecular complexity index is 241. The first-order valence-corrected chi connectivity index (χ1v) is 4.01. The minimum atomic E-state index is 0.492. The molecule has 66 valence electrons. The molecule has 0 saturated heterocycles. The Balaban J connectivity index is 2.38. The molecule has 1 aromatic heterocycles. The fourth-order valence-corrected chi connectivity index (χ4v) is 0.838. The fourth-order valence-electron chi connectivity index (χ4n) is 0.838. The van der Waals surface area contributed by atoms with Crippen LogP contribution in [0.3, 0.4) is 0 Å². The SMILES string of the molecule is CCCC(N)=NCc1ccno1. The molecule has 0 radical (unpaired) electrons. The Labute approximate surface area is 71.5 Å². The predicted octanol–water partition coefficient (Wildman–Crippen LogP) is 1.33. The van der Waals surface area contributed by atoms with Gasteiger partial charge >= 0.3 is 0 Å². The molecule has 0 spiro atoms. The largest absolute Gasteiger partial charge is 0.387 e. The molecule has 0 aliphatic rings. The van der Waals surface area contributed by atoms with Gasteiger partial charge in [-0.2, -0.15) is 0 Å².